The van der Waals surface area contributed by atoms with Crippen molar-refractivity contribution in [1.82, 2.24) is 5.32 Å². The third kappa shape index (κ3) is 4.98. The van der Waals surface area contributed by atoms with E-state index in [1.165, 1.54) is 5.56 Å². The third-order valence-corrected chi connectivity index (χ3v) is 4.05. The van der Waals surface area contributed by atoms with Crippen molar-refractivity contribution < 1.29 is 13.2 Å². The molecule has 0 saturated heterocycles. The van der Waals surface area contributed by atoms with Gasteiger partial charge in [0.25, 0.3) is 0 Å². The fourth-order valence-electron chi connectivity index (χ4n) is 2.55. The van der Waals surface area contributed by atoms with Gasteiger partial charge in [0.05, 0.1) is 0 Å². The van der Waals surface area contributed by atoms with E-state index in [1.54, 1.807) is 0 Å². The van der Waals surface area contributed by atoms with Gasteiger partial charge >= 0.3 is 6.18 Å². The number of nitrogens with one attached hydrogen (secondary N) is 1. The number of benzene rings is 1. The SMILES string of the molecule is FC(F)(F)CCCCNC1CC(c2ccc(Cl)cc2)C1. The first-order valence-corrected chi connectivity index (χ1v) is 7.37. The van der Waals surface area contributed by atoms with Crippen molar-refractivity contribution in [3.63, 3.8) is 0 Å². The predicted octanol–water partition coefficient (Wildman–Crippen LogP) is 4.91. The molecule has 0 amide bonds. The van der Waals surface area contributed by atoms with Crippen LogP contribution in [-0.4, -0.2) is 18.8 Å². The Bertz CT molecular complexity index is 410. The topological polar surface area (TPSA) is 12.0 Å². The van der Waals surface area contributed by atoms with Crippen LogP contribution in [0.3, 0.4) is 0 Å². The highest BCUT2D eigenvalue weighted by atomic mass is 35.5. The minimum Gasteiger partial charge on any atom is -0.314 e. The first-order valence-electron chi connectivity index (χ1n) is 6.99. The fourth-order valence-corrected chi connectivity index (χ4v) is 2.67. The first-order chi connectivity index (χ1) is 9.44. The van der Waals surface area contributed by atoms with Crippen molar-refractivity contribution in [3.8, 4) is 0 Å². The van der Waals surface area contributed by atoms with E-state index in [4.69, 9.17) is 11.6 Å². The van der Waals surface area contributed by atoms with E-state index < -0.39 is 12.6 Å². The second-order valence-corrected chi connectivity index (χ2v) is 5.88. The number of hydrogen-bond acceptors (Lipinski definition) is 1. The molecule has 1 nitrogen and oxygen atoms in total. The average Bonchev–Trinajstić information content (AvgIpc) is 2.31. The lowest BCUT2D eigenvalue weighted by molar-refractivity contribution is -0.135. The summed E-state index contributed by atoms with van der Waals surface area (Å²) >= 11 is 5.84. The fraction of sp³-hybridized carbons (Fsp3) is 0.600. The Labute approximate surface area is 122 Å². The number of alkyl halides is 3. The van der Waals surface area contributed by atoms with E-state index in [2.05, 4.69) is 5.32 Å². The molecule has 20 heavy (non-hydrogen) atoms. The summed E-state index contributed by atoms with van der Waals surface area (Å²) in [4.78, 5) is 0. The zero-order valence-corrected chi connectivity index (χ0v) is 12.0. The highest BCUT2D eigenvalue weighted by molar-refractivity contribution is 6.30. The summed E-state index contributed by atoms with van der Waals surface area (Å²) in [6.07, 6.45) is -1.78. The molecule has 0 heterocycles. The largest absolute Gasteiger partial charge is 0.389 e. The number of hydrogen-bond donors (Lipinski definition) is 1. The molecule has 0 atom stereocenters. The van der Waals surface area contributed by atoms with Crippen LogP contribution in [0.5, 0.6) is 0 Å². The predicted molar refractivity (Wildman–Crippen MR) is 75.1 cm³/mol. The summed E-state index contributed by atoms with van der Waals surface area (Å²) in [6.45, 7) is 0.675. The lowest BCUT2D eigenvalue weighted by Crippen LogP contribution is -2.40. The molecule has 0 aromatic heterocycles. The molecule has 0 spiro atoms. The Balaban J connectivity index is 1.57. The molecule has 0 aliphatic heterocycles. The highest BCUT2D eigenvalue weighted by Crippen LogP contribution is 2.37. The summed E-state index contributed by atoms with van der Waals surface area (Å²) in [5, 5.41) is 4.07. The molecule has 1 aromatic carbocycles. The van der Waals surface area contributed by atoms with Crippen molar-refractivity contribution in [2.24, 2.45) is 0 Å². The Kier molecular flexibility index (Phi) is 5.33. The van der Waals surface area contributed by atoms with Crippen molar-refractivity contribution in [1.29, 1.82) is 0 Å². The van der Waals surface area contributed by atoms with Crippen LogP contribution in [0, 0.1) is 0 Å². The average molecular weight is 306 g/mol. The standard InChI is InChI=1S/C15H19ClF3N/c16-13-5-3-11(4-6-13)12-9-14(10-12)20-8-2-1-7-15(17,18)19/h3-6,12,14,20H,1-2,7-10H2. The third-order valence-electron chi connectivity index (χ3n) is 3.80. The van der Waals surface area contributed by atoms with Gasteiger partial charge in [0, 0.05) is 17.5 Å². The normalized spacial score (nSPS) is 22.6. The quantitative estimate of drug-likeness (QED) is 0.736. The van der Waals surface area contributed by atoms with Gasteiger partial charge in [-0.3, -0.25) is 0 Å². The lowest BCUT2D eigenvalue weighted by Gasteiger charge is -2.36. The van der Waals surface area contributed by atoms with Crippen molar-refractivity contribution in [3.05, 3.63) is 34.9 Å². The molecule has 5 heteroatoms. The summed E-state index contributed by atoms with van der Waals surface area (Å²) in [6, 6.07) is 8.34. The van der Waals surface area contributed by atoms with Crippen LogP contribution >= 0.6 is 11.6 Å². The molecule has 1 aromatic rings. The molecule has 1 saturated carbocycles. The monoisotopic (exact) mass is 305 g/mol. The van der Waals surface area contributed by atoms with Gasteiger partial charge in [0.2, 0.25) is 0 Å². The first kappa shape index (κ1) is 15.6. The maximum absolute atomic E-state index is 12.0. The van der Waals surface area contributed by atoms with E-state index in [-0.39, 0.29) is 6.42 Å². The van der Waals surface area contributed by atoms with Crippen LogP contribution in [0.4, 0.5) is 13.2 Å². The zero-order chi connectivity index (χ0) is 14.6. The van der Waals surface area contributed by atoms with E-state index in [0.717, 1.165) is 17.9 Å². The highest BCUT2D eigenvalue weighted by Gasteiger charge is 2.30. The second kappa shape index (κ2) is 6.81. The smallest absolute Gasteiger partial charge is 0.314 e. The Morgan fingerprint density at radius 1 is 1.10 bits per heavy atom. The minimum absolute atomic E-state index is 0.212. The Hall–Kier alpha value is -0.740. The van der Waals surface area contributed by atoms with Gasteiger partial charge in [-0.15, -0.1) is 0 Å². The van der Waals surface area contributed by atoms with Gasteiger partial charge < -0.3 is 5.32 Å². The molecule has 1 N–H and O–H groups in total. The minimum atomic E-state index is -4.02. The molecule has 1 aliphatic carbocycles. The van der Waals surface area contributed by atoms with Crippen LogP contribution < -0.4 is 5.32 Å². The van der Waals surface area contributed by atoms with E-state index >= 15 is 0 Å². The van der Waals surface area contributed by atoms with Crippen LogP contribution in [-0.2, 0) is 0 Å². The van der Waals surface area contributed by atoms with Crippen molar-refractivity contribution in [2.45, 2.75) is 50.2 Å². The van der Waals surface area contributed by atoms with Crippen molar-refractivity contribution >= 4 is 11.6 Å². The van der Waals surface area contributed by atoms with Crippen LogP contribution in [0.1, 0.15) is 43.6 Å². The Morgan fingerprint density at radius 2 is 1.75 bits per heavy atom. The number of unbranched alkanes of at least 4 members (excludes halogenated alkanes) is 1. The molecule has 0 bridgehead atoms. The molecule has 0 unspecified atom stereocenters. The molecular formula is C15H19ClF3N. The van der Waals surface area contributed by atoms with Gasteiger partial charge in [-0.05, 0) is 55.8 Å². The molecule has 0 radical (unpaired) electrons. The van der Waals surface area contributed by atoms with E-state index in [9.17, 15) is 13.2 Å². The molecule has 112 valence electrons. The van der Waals surface area contributed by atoms with E-state index in [0.29, 0.717) is 24.9 Å². The summed E-state index contributed by atoms with van der Waals surface area (Å²) in [5.74, 6) is 0.556. The molecule has 1 aliphatic rings. The van der Waals surface area contributed by atoms with Gasteiger partial charge in [-0.2, -0.15) is 13.2 Å². The zero-order valence-electron chi connectivity index (χ0n) is 11.2. The Morgan fingerprint density at radius 3 is 2.35 bits per heavy atom. The van der Waals surface area contributed by atoms with Crippen molar-refractivity contribution in [2.75, 3.05) is 6.54 Å². The van der Waals surface area contributed by atoms with Gasteiger partial charge in [0.15, 0.2) is 0 Å². The molecule has 1 fully saturated rings. The van der Waals surface area contributed by atoms with Crippen LogP contribution in [0.25, 0.3) is 0 Å². The van der Waals surface area contributed by atoms with Gasteiger partial charge in [0.1, 0.15) is 0 Å². The van der Waals surface area contributed by atoms with E-state index in [1.807, 2.05) is 24.3 Å². The molecule has 2 rings (SSSR count). The van der Waals surface area contributed by atoms with Crippen LogP contribution in [0.2, 0.25) is 5.02 Å². The second-order valence-electron chi connectivity index (χ2n) is 5.44. The number of rotatable bonds is 6. The summed E-state index contributed by atoms with van der Waals surface area (Å²) < 4.78 is 35.9. The molecular weight excluding hydrogens is 287 g/mol. The van der Waals surface area contributed by atoms with Crippen LogP contribution in [0.15, 0.2) is 24.3 Å². The summed E-state index contributed by atoms with van der Waals surface area (Å²) in [7, 11) is 0. The van der Waals surface area contributed by atoms with Gasteiger partial charge in [-0.1, -0.05) is 23.7 Å². The van der Waals surface area contributed by atoms with Gasteiger partial charge in [-0.25, -0.2) is 0 Å². The summed E-state index contributed by atoms with van der Waals surface area (Å²) in [5.41, 5.74) is 1.30. The maximum atomic E-state index is 12.0. The lowest BCUT2D eigenvalue weighted by atomic mass is 9.76. The number of halogens is 4. The maximum Gasteiger partial charge on any atom is 0.389 e.